The molecule has 0 radical (unpaired) electrons. The van der Waals surface area contributed by atoms with Crippen molar-refractivity contribution in [2.75, 3.05) is 6.61 Å². The number of hydrogen-bond donors (Lipinski definition) is 1. The minimum absolute atomic E-state index is 0.126. The van der Waals surface area contributed by atoms with E-state index in [1.807, 2.05) is 50.2 Å². The Hall–Kier alpha value is -2.96. The van der Waals surface area contributed by atoms with Crippen molar-refractivity contribution >= 4 is 0 Å². The van der Waals surface area contributed by atoms with Gasteiger partial charge in [-0.15, -0.1) is 0 Å². The summed E-state index contributed by atoms with van der Waals surface area (Å²) in [7, 11) is 0. The van der Waals surface area contributed by atoms with E-state index in [2.05, 4.69) is 34.1 Å². The molecular weight excluding hydrogens is 366 g/mol. The molecule has 1 aromatic heterocycles. The van der Waals surface area contributed by atoms with Crippen LogP contribution in [0.2, 0.25) is 0 Å². The number of rotatable bonds is 9. The summed E-state index contributed by atoms with van der Waals surface area (Å²) in [5, 5.41) is 0. The number of nitrogens with zero attached hydrogens (tertiary/aromatic N) is 2. The topological polar surface area (TPSA) is 67.3 Å². The molecule has 0 spiro atoms. The Morgan fingerprint density at radius 2 is 1.48 bits per heavy atom. The Balaban J connectivity index is 1.94. The zero-order valence-electron chi connectivity index (χ0n) is 16.8. The van der Waals surface area contributed by atoms with Gasteiger partial charge in [-0.3, -0.25) is 19.2 Å². The van der Waals surface area contributed by atoms with Crippen molar-refractivity contribution in [1.82, 2.24) is 14.5 Å². The SMILES string of the molecule is CCO[C@H]([C@H](C)N(Cc1ccccc1)Cc1ccccc1)n1ccc(=O)[nH]c1=O. The zero-order chi connectivity index (χ0) is 20.6. The molecule has 1 heterocycles. The van der Waals surface area contributed by atoms with Gasteiger partial charge >= 0.3 is 5.69 Å². The highest BCUT2D eigenvalue weighted by Gasteiger charge is 2.27. The van der Waals surface area contributed by atoms with Crippen LogP contribution in [0.15, 0.2) is 82.5 Å². The lowest BCUT2D eigenvalue weighted by Crippen LogP contribution is -2.44. The lowest BCUT2D eigenvalue weighted by Gasteiger charge is -2.35. The maximum Gasteiger partial charge on any atom is 0.330 e. The van der Waals surface area contributed by atoms with E-state index in [-0.39, 0.29) is 6.04 Å². The summed E-state index contributed by atoms with van der Waals surface area (Å²) in [6, 6.07) is 21.7. The summed E-state index contributed by atoms with van der Waals surface area (Å²) in [5.41, 5.74) is 1.47. The van der Waals surface area contributed by atoms with E-state index in [4.69, 9.17) is 4.74 Å². The van der Waals surface area contributed by atoms with E-state index in [0.717, 1.165) is 0 Å². The average Bonchev–Trinajstić information content (AvgIpc) is 2.73. The van der Waals surface area contributed by atoms with E-state index in [0.29, 0.717) is 19.7 Å². The number of aromatic amines is 1. The van der Waals surface area contributed by atoms with Crippen LogP contribution >= 0.6 is 0 Å². The predicted octanol–water partition coefficient (Wildman–Crippen LogP) is 3.16. The molecule has 2 aromatic carbocycles. The molecule has 29 heavy (non-hydrogen) atoms. The first-order chi connectivity index (χ1) is 14.1. The Kier molecular flexibility index (Phi) is 7.16. The van der Waals surface area contributed by atoms with E-state index >= 15 is 0 Å². The maximum atomic E-state index is 12.4. The highest BCUT2D eigenvalue weighted by Crippen LogP contribution is 2.22. The fourth-order valence-corrected chi connectivity index (χ4v) is 3.41. The lowest BCUT2D eigenvalue weighted by molar-refractivity contribution is -0.0570. The number of hydrogen-bond acceptors (Lipinski definition) is 4. The molecule has 0 amide bonds. The minimum Gasteiger partial charge on any atom is -0.356 e. The molecule has 3 aromatic rings. The summed E-state index contributed by atoms with van der Waals surface area (Å²) in [6.07, 6.45) is 0.970. The number of benzene rings is 2. The van der Waals surface area contributed by atoms with Gasteiger partial charge in [0.25, 0.3) is 5.56 Å². The van der Waals surface area contributed by atoms with Gasteiger partial charge in [-0.05, 0) is 25.0 Å². The molecule has 0 saturated carbocycles. The summed E-state index contributed by atoms with van der Waals surface area (Å²) in [4.78, 5) is 28.5. The van der Waals surface area contributed by atoms with Crippen molar-refractivity contribution in [1.29, 1.82) is 0 Å². The predicted molar refractivity (Wildman–Crippen MR) is 114 cm³/mol. The molecule has 0 bridgehead atoms. The molecule has 2 atom stereocenters. The highest BCUT2D eigenvalue weighted by atomic mass is 16.5. The van der Waals surface area contributed by atoms with Crippen molar-refractivity contribution < 1.29 is 4.74 Å². The van der Waals surface area contributed by atoms with Crippen molar-refractivity contribution in [3.63, 3.8) is 0 Å². The van der Waals surface area contributed by atoms with Crippen LogP contribution in [0.1, 0.15) is 31.2 Å². The number of nitrogens with one attached hydrogen (secondary N) is 1. The smallest absolute Gasteiger partial charge is 0.330 e. The summed E-state index contributed by atoms with van der Waals surface area (Å²) in [6.45, 7) is 5.81. The third-order valence-corrected chi connectivity index (χ3v) is 4.91. The lowest BCUT2D eigenvalue weighted by atomic mass is 10.1. The van der Waals surface area contributed by atoms with Crippen LogP contribution in [0.25, 0.3) is 0 Å². The molecule has 0 unspecified atom stereocenters. The third kappa shape index (κ3) is 5.53. The molecule has 3 rings (SSSR count). The Labute approximate surface area is 170 Å². The molecule has 6 heteroatoms. The van der Waals surface area contributed by atoms with E-state index in [1.165, 1.54) is 28.0 Å². The van der Waals surface area contributed by atoms with Gasteiger partial charge in [-0.2, -0.15) is 0 Å². The monoisotopic (exact) mass is 393 g/mol. The van der Waals surface area contributed by atoms with Gasteiger partial charge in [0.1, 0.15) is 0 Å². The Morgan fingerprint density at radius 3 is 1.97 bits per heavy atom. The molecular formula is C23H27N3O3. The van der Waals surface area contributed by atoms with Gasteiger partial charge in [0, 0.05) is 32.0 Å². The summed E-state index contributed by atoms with van der Waals surface area (Å²) < 4.78 is 7.42. The van der Waals surface area contributed by atoms with Crippen LogP contribution in [0.4, 0.5) is 0 Å². The van der Waals surface area contributed by atoms with Gasteiger partial charge in [0.2, 0.25) is 0 Å². The van der Waals surface area contributed by atoms with Gasteiger partial charge in [0.15, 0.2) is 6.23 Å². The van der Waals surface area contributed by atoms with Gasteiger partial charge in [-0.25, -0.2) is 4.79 Å². The molecule has 0 aliphatic heterocycles. The molecule has 6 nitrogen and oxygen atoms in total. The van der Waals surface area contributed by atoms with Crippen molar-refractivity contribution in [3.05, 3.63) is 105 Å². The maximum absolute atomic E-state index is 12.4. The highest BCUT2D eigenvalue weighted by molar-refractivity contribution is 5.17. The zero-order valence-corrected chi connectivity index (χ0v) is 16.8. The van der Waals surface area contributed by atoms with Crippen LogP contribution in [0.3, 0.4) is 0 Å². The summed E-state index contributed by atoms with van der Waals surface area (Å²) in [5.74, 6) is 0. The average molecular weight is 393 g/mol. The van der Waals surface area contributed by atoms with Crippen molar-refractivity contribution in [2.45, 2.75) is 39.2 Å². The molecule has 0 aliphatic carbocycles. The quantitative estimate of drug-likeness (QED) is 0.606. The van der Waals surface area contributed by atoms with Crippen LogP contribution in [0.5, 0.6) is 0 Å². The van der Waals surface area contributed by atoms with Gasteiger partial charge in [0.05, 0.1) is 6.04 Å². The molecule has 0 fully saturated rings. The molecule has 0 saturated heterocycles. The van der Waals surface area contributed by atoms with Crippen LogP contribution in [-0.2, 0) is 17.8 Å². The van der Waals surface area contributed by atoms with Crippen LogP contribution in [-0.4, -0.2) is 27.1 Å². The number of ether oxygens (including phenoxy) is 1. The first-order valence-corrected chi connectivity index (χ1v) is 9.83. The van der Waals surface area contributed by atoms with E-state index in [9.17, 15) is 9.59 Å². The Morgan fingerprint density at radius 1 is 0.931 bits per heavy atom. The number of aromatic nitrogens is 2. The second-order valence-electron chi connectivity index (χ2n) is 6.98. The Bertz CT molecular complexity index is 957. The largest absolute Gasteiger partial charge is 0.356 e. The van der Waals surface area contributed by atoms with E-state index in [1.54, 1.807) is 0 Å². The first-order valence-electron chi connectivity index (χ1n) is 9.83. The third-order valence-electron chi connectivity index (χ3n) is 4.91. The van der Waals surface area contributed by atoms with E-state index < -0.39 is 17.5 Å². The van der Waals surface area contributed by atoms with Crippen LogP contribution < -0.4 is 11.2 Å². The molecule has 1 N–H and O–H groups in total. The second kappa shape index (κ2) is 10.0. The van der Waals surface area contributed by atoms with Gasteiger partial charge in [-0.1, -0.05) is 60.7 Å². The first kappa shape index (κ1) is 20.8. The van der Waals surface area contributed by atoms with Crippen LogP contribution in [0, 0.1) is 0 Å². The molecule has 152 valence electrons. The van der Waals surface area contributed by atoms with Crippen molar-refractivity contribution in [2.24, 2.45) is 0 Å². The normalized spacial score (nSPS) is 13.3. The fourth-order valence-electron chi connectivity index (χ4n) is 3.41. The van der Waals surface area contributed by atoms with Crippen molar-refractivity contribution in [3.8, 4) is 0 Å². The number of H-pyrrole nitrogens is 1. The minimum atomic E-state index is -0.531. The van der Waals surface area contributed by atoms with Gasteiger partial charge < -0.3 is 4.74 Å². The second-order valence-corrected chi connectivity index (χ2v) is 6.98. The molecule has 0 aliphatic rings. The fraction of sp³-hybridized carbons (Fsp3) is 0.304. The standard InChI is InChI=1S/C23H27N3O3/c1-3-29-22(26-15-14-21(27)24-23(26)28)18(2)25(16-19-10-6-4-7-11-19)17-20-12-8-5-9-13-20/h4-15,18,22H,3,16-17H2,1-2H3,(H,24,27,28)/t18-,22+/m0/s1. The summed E-state index contributed by atoms with van der Waals surface area (Å²) >= 11 is 0.